The lowest BCUT2D eigenvalue weighted by atomic mass is 10.1. The summed E-state index contributed by atoms with van der Waals surface area (Å²) in [4.78, 5) is 28.9. The second-order valence-corrected chi connectivity index (χ2v) is 9.67. The van der Waals surface area contributed by atoms with E-state index in [9.17, 15) is 18.0 Å². The van der Waals surface area contributed by atoms with Crippen molar-refractivity contribution in [1.82, 2.24) is 9.80 Å². The minimum atomic E-state index is -3.80. The Morgan fingerprint density at radius 1 is 0.879 bits per heavy atom. The summed E-state index contributed by atoms with van der Waals surface area (Å²) in [6.45, 7) is 5.12. The van der Waals surface area contributed by atoms with Crippen LogP contribution in [0.4, 0.5) is 5.69 Å². The van der Waals surface area contributed by atoms with Crippen LogP contribution in [0, 0.1) is 13.8 Å². The summed E-state index contributed by atoms with van der Waals surface area (Å²) in [5.41, 5.74) is 2.17. The van der Waals surface area contributed by atoms with Crippen molar-refractivity contribution in [3.8, 4) is 0 Å². The molecule has 33 heavy (non-hydrogen) atoms. The first kappa shape index (κ1) is 22.6. The fraction of sp³-hybridized carbons (Fsp3) is 0.250. The molecule has 3 aromatic rings. The topological polar surface area (TPSA) is 99.9 Å². The highest BCUT2D eigenvalue weighted by Crippen LogP contribution is 2.22. The van der Waals surface area contributed by atoms with Crippen LogP contribution >= 0.6 is 0 Å². The average Bonchev–Trinajstić information content (AvgIpc) is 3.34. The lowest BCUT2D eigenvalue weighted by Gasteiger charge is -2.34. The molecule has 0 atom stereocenters. The smallest absolute Gasteiger partial charge is 0.289 e. The fourth-order valence-electron chi connectivity index (χ4n) is 3.77. The number of nitrogens with one attached hydrogen (secondary N) is 1. The fourth-order valence-corrected chi connectivity index (χ4v) is 5.15. The average molecular weight is 468 g/mol. The first-order valence-corrected chi connectivity index (χ1v) is 12.0. The molecule has 172 valence electrons. The summed E-state index contributed by atoms with van der Waals surface area (Å²) in [6.07, 6.45) is 1.45. The number of piperazine rings is 1. The Kier molecular flexibility index (Phi) is 6.24. The van der Waals surface area contributed by atoms with Gasteiger partial charge in [0.15, 0.2) is 5.76 Å². The number of hydrogen-bond donors (Lipinski definition) is 1. The molecule has 0 spiro atoms. The number of aryl methyl sites for hydroxylation is 2. The zero-order chi connectivity index (χ0) is 23.6. The third-order valence-electron chi connectivity index (χ3n) is 5.58. The van der Waals surface area contributed by atoms with Crippen LogP contribution in [0.5, 0.6) is 0 Å². The number of carbonyl (C=O) groups excluding carboxylic acids is 2. The number of benzene rings is 2. The Morgan fingerprint density at radius 2 is 1.58 bits per heavy atom. The zero-order valence-corrected chi connectivity index (χ0v) is 19.3. The van der Waals surface area contributed by atoms with E-state index < -0.39 is 10.0 Å². The minimum absolute atomic E-state index is 0.199. The summed E-state index contributed by atoms with van der Waals surface area (Å²) in [5.74, 6) is -0.138. The number of amides is 2. The van der Waals surface area contributed by atoms with Crippen LogP contribution < -0.4 is 4.72 Å². The number of hydrogen-bond acceptors (Lipinski definition) is 5. The number of anilines is 1. The van der Waals surface area contributed by atoms with Crippen LogP contribution in [0.2, 0.25) is 0 Å². The van der Waals surface area contributed by atoms with E-state index in [-0.39, 0.29) is 22.5 Å². The lowest BCUT2D eigenvalue weighted by molar-refractivity contribution is 0.0518. The van der Waals surface area contributed by atoms with E-state index in [1.54, 1.807) is 59.2 Å². The van der Waals surface area contributed by atoms with Gasteiger partial charge in [-0.25, -0.2) is 8.42 Å². The van der Waals surface area contributed by atoms with Gasteiger partial charge >= 0.3 is 0 Å². The van der Waals surface area contributed by atoms with Gasteiger partial charge in [0.05, 0.1) is 11.2 Å². The Labute approximate surface area is 192 Å². The highest BCUT2D eigenvalue weighted by molar-refractivity contribution is 7.92. The van der Waals surface area contributed by atoms with E-state index in [1.165, 1.54) is 12.3 Å². The van der Waals surface area contributed by atoms with Gasteiger partial charge in [-0.15, -0.1) is 0 Å². The SMILES string of the molecule is Cc1ccc(C)c(S(=O)(=O)Nc2cccc(C(=O)N3CCN(C(=O)c4ccco4)CC3)c2)c1. The van der Waals surface area contributed by atoms with Crippen molar-refractivity contribution in [3.05, 3.63) is 83.3 Å². The molecule has 1 aliphatic rings. The molecule has 1 aromatic heterocycles. The molecule has 1 saturated heterocycles. The van der Waals surface area contributed by atoms with Crippen LogP contribution in [-0.2, 0) is 10.0 Å². The summed E-state index contributed by atoms with van der Waals surface area (Å²) in [7, 11) is -3.80. The van der Waals surface area contributed by atoms with E-state index in [4.69, 9.17) is 4.42 Å². The van der Waals surface area contributed by atoms with Crippen molar-refractivity contribution in [2.24, 2.45) is 0 Å². The molecule has 2 amide bonds. The van der Waals surface area contributed by atoms with Crippen LogP contribution in [0.15, 0.2) is 70.2 Å². The van der Waals surface area contributed by atoms with E-state index in [2.05, 4.69) is 4.72 Å². The molecule has 0 unspecified atom stereocenters. The quantitative estimate of drug-likeness (QED) is 0.621. The number of furan rings is 1. The molecule has 8 nitrogen and oxygen atoms in total. The molecule has 1 N–H and O–H groups in total. The van der Waals surface area contributed by atoms with Crippen molar-refractivity contribution in [2.75, 3.05) is 30.9 Å². The van der Waals surface area contributed by atoms with Gasteiger partial charge in [-0.05, 0) is 61.4 Å². The molecule has 1 fully saturated rings. The molecule has 4 rings (SSSR count). The molecule has 0 bridgehead atoms. The molecular formula is C24H25N3O5S. The Bertz CT molecular complexity index is 1280. The summed E-state index contributed by atoms with van der Waals surface area (Å²) in [6, 6.07) is 15.0. The molecule has 0 radical (unpaired) electrons. The number of nitrogens with zero attached hydrogens (tertiary/aromatic N) is 2. The van der Waals surface area contributed by atoms with Gasteiger partial charge < -0.3 is 14.2 Å². The molecule has 0 saturated carbocycles. The Morgan fingerprint density at radius 3 is 2.24 bits per heavy atom. The van der Waals surface area contributed by atoms with Crippen molar-refractivity contribution >= 4 is 27.5 Å². The van der Waals surface area contributed by atoms with Gasteiger partial charge in [0.25, 0.3) is 21.8 Å². The molecule has 2 aromatic carbocycles. The monoisotopic (exact) mass is 467 g/mol. The molecule has 1 aliphatic heterocycles. The van der Waals surface area contributed by atoms with E-state index in [0.717, 1.165) is 5.56 Å². The predicted molar refractivity (Wildman–Crippen MR) is 124 cm³/mol. The third kappa shape index (κ3) is 4.93. The number of sulfonamides is 1. The molecule has 9 heteroatoms. The first-order chi connectivity index (χ1) is 15.7. The van der Waals surface area contributed by atoms with Crippen molar-refractivity contribution in [3.63, 3.8) is 0 Å². The largest absolute Gasteiger partial charge is 0.459 e. The highest BCUT2D eigenvalue weighted by Gasteiger charge is 2.27. The van der Waals surface area contributed by atoms with Gasteiger partial charge in [-0.1, -0.05) is 18.2 Å². The van der Waals surface area contributed by atoms with Gasteiger partial charge in [0, 0.05) is 37.4 Å². The summed E-state index contributed by atoms with van der Waals surface area (Å²) in [5, 5.41) is 0. The van der Waals surface area contributed by atoms with Gasteiger partial charge in [0.2, 0.25) is 0 Å². The van der Waals surface area contributed by atoms with E-state index in [0.29, 0.717) is 43.0 Å². The summed E-state index contributed by atoms with van der Waals surface area (Å²) >= 11 is 0. The van der Waals surface area contributed by atoms with Gasteiger partial charge in [0.1, 0.15) is 0 Å². The number of rotatable bonds is 5. The van der Waals surface area contributed by atoms with Crippen LogP contribution in [0.1, 0.15) is 32.0 Å². The third-order valence-corrected chi connectivity index (χ3v) is 7.10. The van der Waals surface area contributed by atoms with E-state index in [1.807, 2.05) is 13.0 Å². The molecule has 2 heterocycles. The Balaban J connectivity index is 1.44. The standard InChI is InChI=1S/C24H25N3O5S/c1-17-8-9-18(2)22(15-17)33(30,31)25-20-6-3-5-19(16-20)23(28)26-10-12-27(13-11-26)24(29)21-7-4-14-32-21/h3-9,14-16,25H,10-13H2,1-2H3. The maximum Gasteiger partial charge on any atom is 0.289 e. The highest BCUT2D eigenvalue weighted by atomic mass is 32.2. The van der Waals surface area contributed by atoms with Crippen LogP contribution in [0.3, 0.4) is 0 Å². The van der Waals surface area contributed by atoms with Crippen molar-refractivity contribution < 1.29 is 22.4 Å². The summed E-state index contributed by atoms with van der Waals surface area (Å²) < 4.78 is 33.5. The van der Waals surface area contributed by atoms with Gasteiger partial charge in [-0.3, -0.25) is 14.3 Å². The van der Waals surface area contributed by atoms with Crippen LogP contribution in [-0.4, -0.2) is 56.2 Å². The maximum atomic E-state index is 13.0. The van der Waals surface area contributed by atoms with Crippen LogP contribution in [0.25, 0.3) is 0 Å². The zero-order valence-electron chi connectivity index (χ0n) is 18.4. The van der Waals surface area contributed by atoms with Crippen molar-refractivity contribution in [2.45, 2.75) is 18.7 Å². The van der Waals surface area contributed by atoms with Crippen molar-refractivity contribution in [1.29, 1.82) is 0 Å². The molecular weight excluding hydrogens is 442 g/mol. The first-order valence-electron chi connectivity index (χ1n) is 10.6. The Hall–Kier alpha value is -3.59. The lowest BCUT2D eigenvalue weighted by Crippen LogP contribution is -2.50. The number of carbonyl (C=O) groups is 2. The molecule has 0 aliphatic carbocycles. The maximum absolute atomic E-state index is 13.0. The minimum Gasteiger partial charge on any atom is -0.459 e. The normalized spacial score (nSPS) is 14.2. The second-order valence-electron chi connectivity index (χ2n) is 8.02. The second kappa shape index (κ2) is 9.11. The predicted octanol–water partition coefficient (Wildman–Crippen LogP) is 3.30. The van der Waals surface area contributed by atoms with E-state index >= 15 is 0 Å². The van der Waals surface area contributed by atoms with Gasteiger partial charge in [-0.2, -0.15) is 0 Å².